The van der Waals surface area contributed by atoms with Crippen molar-refractivity contribution in [1.29, 1.82) is 5.26 Å². The molecule has 3 heteroatoms. The highest BCUT2D eigenvalue weighted by Crippen LogP contribution is 2.23. The Morgan fingerprint density at radius 1 is 1.62 bits per heavy atom. The van der Waals surface area contributed by atoms with Crippen LogP contribution in [0.4, 0.5) is 0 Å². The van der Waals surface area contributed by atoms with Gasteiger partial charge in [-0.2, -0.15) is 5.26 Å². The summed E-state index contributed by atoms with van der Waals surface area (Å²) in [5.41, 5.74) is 5.10. The summed E-state index contributed by atoms with van der Waals surface area (Å²) in [6.07, 6.45) is 1.22. The normalized spacial score (nSPS) is 34.1. The van der Waals surface area contributed by atoms with Crippen molar-refractivity contribution in [3.8, 4) is 6.07 Å². The molecule has 0 bridgehead atoms. The first-order valence-electron chi connectivity index (χ1n) is 4.89. The fourth-order valence-electron chi connectivity index (χ4n) is 2.06. The predicted molar refractivity (Wildman–Crippen MR) is 53.0 cm³/mol. The van der Waals surface area contributed by atoms with E-state index in [0.29, 0.717) is 12.6 Å². The largest absolute Gasteiger partial charge is 0.313 e. The van der Waals surface area contributed by atoms with Crippen molar-refractivity contribution in [2.45, 2.75) is 38.8 Å². The van der Waals surface area contributed by atoms with Gasteiger partial charge in [0.15, 0.2) is 0 Å². The first kappa shape index (κ1) is 10.5. The molecule has 0 aliphatic carbocycles. The molecule has 0 saturated carbocycles. The van der Waals surface area contributed by atoms with Crippen LogP contribution in [0.3, 0.4) is 0 Å². The Balaban J connectivity index is 2.51. The third kappa shape index (κ3) is 2.68. The maximum Gasteiger partial charge on any atom is 0.114 e. The smallest absolute Gasteiger partial charge is 0.114 e. The highest BCUT2D eigenvalue weighted by atomic mass is 15.2. The zero-order valence-electron chi connectivity index (χ0n) is 8.75. The van der Waals surface area contributed by atoms with Crippen LogP contribution in [0.1, 0.15) is 27.2 Å². The van der Waals surface area contributed by atoms with Gasteiger partial charge in [0, 0.05) is 19.1 Å². The van der Waals surface area contributed by atoms with E-state index in [-0.39, 0.29) is 0 Å². The van der Waals surface area contributed by atoms with Gasteiger partial charge >= 0.3 is 0 Å². The molecule has 74 valence electrons. The van der Waals surface area contributed by atoms with Gasteiger partial charge in [-0.05, 0) is 26.2 Å². The summed E-state index contributed by atoms with van der Waals surface area (Å²) in [4.78, 5) is 2.31. The van der Waals surface area contributed by atoms with Gasteiger partial charge in [0.05, 0.1) is 6.07 Å². The number of rotatable bonds is 2. The highest BCUT2D eigenvalue weighted by molar-refractivity contribution is 5.04. The molecule has 0 radical (unpaired) electrons. The maximum absolute atomic E-state index is 8.80. The van der Waals surface area contributed by atoms with Crippen LogP contribution in [-0.2, 0) is 0 Å². The molecule has 0 aromatic heterocycles. The summed E-state index contributed by atoms with van der Waals surface area (Å²) >= 11 is 0. The van der Waals surface area contributed by atoms with Gasteiger partial charge < -0.3 is 5.73 Å². The summed E-state index contributed by atoms with van der Waals surface area (Å²) in [6, 6.07) is 2.71. The molecule has 1 rings (SSSR count). The molecule has 1 aliphatic heterocycles. The van der Waals surface area contributed by atoms with Crippen LogP contribution in [0.5, 0.6) is 0 Å². The van der Waals surface area contributed by atoms with Crippen molar-refractivity contribution in [2.24, 2.45) is 11.7 Å². The molecule has 3 nitrogen and oxygen atoms in total. The second kappa shape index (κ2) is 3.65. The monoisotopic (exact) mass is 181 g/mol. The van der Waals surface area contributed by atoms with E-state index in [1.807, 2.05) is 0 Å². The molecule has 0 spiro atoms. The third-order valence-corrected chi connectivity index (χ3v) is 2.70. The summed E-state index contributed by atoms with van der Waals surface area (Å²) < 4.78 is 0. The number of hydrogen-bond donors (Lipinski definition) is 1. The van der Waals surface area contributed by atoms with E-state index >= 15 is 0 Å². The lowest BCUT2D eigenvalue weighted by Crippen LogP contribution is -2.47. The number of likely N-dealkylation sites (tertiary alicyclic amines) is 1. The molecule has 0 aromatic carbocycles. The van der Waals surface area contributed by atoms with Crippen molar-refractivity contribution in [3.63, 3.8) is 0 Å². The van der Waals surface area contributed by atoms with Gasteiger partial charge in [-0.15, -0.1) is 0 Å². The Bertz CT molecular complexity index is 217. The SMILES string of the molecule is CC1CC(C)N(CC(C)(N)C#N)C1. The number of nitrogens with two attached hydrogens (primary N) is 1. The lowest BCUT2D eigenvalue weighted by atomic mass is 10.1. The minimum absolute atomic E-state index is 0.575. The number of nitrogens with zero attached hydrogens (tertiary/aromatic N) is 2. The lowest BCUT2D eigenvalue weighted by Gasteiger charge is -2.27. The standard InChI is InChI=1S/C10H19N3/c1-8-4-9(2)13(5-8)7-10(3,12)6-11/h8-9H,4-5,7,12H2,1-3H3. The molecule has 3 unspecified atom stereocenters. The Kier molecular flexibility index (Phi) is 2.94. The van der Waals surface area contributed by atoms with Gasteiger partial charge in [-0.1, -0.05) is 6.92 Å². The Hall–Kier alpha value is -0.590. The minimum Gasteiger partial charge on any atom is -0.313 e. The van der Waals surface area contributed by atoms with Crippen molar-refractivity contribution in [2.75, 3.05) is 13.1 Å². The van der Waals surface area contributed by atoms with Crippen LogP contribution in [0.2, 0.25) is 0 Å². The lowest BCUT2D eigenvalue weighted by molar-refractivity contribution is 0.232. The van der Waals surface area contributed by atoms with E-state index < -0.39 is 5.54 Å². The first-order chi connectivity index (χ1) is 5.94. The fraction of sp³-hybridized carbons (Fsp3) is 0.900. The summed E-state index contributed by atoms with van der Waals surface area (Å²) in [6.45, 7) is 8.01. The van der Waals surface area contributed by atoms with Gasteiger partial charge in [0.25, 0.3) is 0 Å². The molecule has 1 fully saturated rings. The summed E-state index contributed by atoms with van der Waals surface area (Å²) in [7, 11) is 0. The molecule has 3 atom stereocenters. The van der Waals surface area contributed by atoms with Crippen molar-refractivity contribution in [3.05, 3.63) is 0 Å². The van der Waals surface area contributed by atoms with E-state index in [1.165, 1.54) is 6.42 Å². The van der Waals surface area contributed by atoms with Crippen LogP contribution < -0.4 is 5.73 Å². The maximum atomic E-state index is 8.80. The first-order valence-corrected chi connectivity index (χ1v) is 4.89. The zero-order chi connectivity index (χ0) is 10.1. The molecular formula is C10H19N3. The van der Waals surface area contributed by atoms with Crippen LogP contribution in [0.15, 0.2) is 0 Å². The molecule has 0 aromatic rings. The predicted octanol–water partition coefficient (Wildman–Crippen LogP) is 0.958. The average Bonchev–Trinajstić information content (AvgIpc) is 2.30. The van der Waals surface area contributed by atoms with Crippen molar-refractivity contribution >= 4 is 0 Å². The van der Waals surface area contributed by atoms with E-state index in [4.69, 9.17) is 11.0 Å². The topological polar surface area (TPSA) is 53.0 Å². The van der Waals surface area contributed by atoms with Gasteiger partial charge in [0.2, 0.25) is 0 Å². The van der Waals surface area contributed by atoms with E-state index in [1.54, 1.807) is 6.92 Å². The zero-order valence-corrected chi connectivity index (χ0v) is 8.75. The van der Waals surface area contributed by atoms with Gasteiger partial charge in [0.1, 0.15) is 5.54 Å². The molecule has 0 amide bonds. The minimum atomic E-state index is -0.696. The molecular weight excluding hydrogens is 162 g/mol. The molecule has 1 heterocycles. The molecule has 1 saturated heterocycles. The Morgan fingerprint density at radius 3 is 2.62 bits per heavy atom. The second-order valence-electron chi connectivity index (χ2n) is 4.65. The average molecular weight is 181 g/mol. The highest BCUT2D eigenvalue weighted by Gasteiger charge is 2.31. The van der Waals surface area contributed by atoms with Crippen LogP contribution >= 0.6 is 0 Å². The molecule has 2 N–H and O–H groups in total. The number of nitriles is 1. The molecule has 13 heavy (non-hydrogen) atoms. The quantitative estimate of drug-likeness (QED) is 0.690. The fourth-order valence-corrected chi connectivity index (χ4v) is 2.06. The van der Waals surface area contributed by atoms with E-state index in [9.17, 15) is 0 Å². The summed E-state index contributed by atoms with van der Waals surface area (Å²) in [5, 5.41) is 8.80. The third-order valence-electron chi connectivity index (χ3n) is 2.70. The second-order valence-corrected chi connectivity index (χ2v) is 4.65. The van der Waals surface area contributed by atoms with Crippen molar-refractivity contribution in [1.82, 2.24) is 4.90 Å². The van der Waals surface area contributed by atoms with E-state index in [2.05, 4.69) is 24.8 Å². The van der Waals surface area contributed by atoms with Crippen LogP contribution in [0.25, 0.3) is 0 Å². The van der Waals surface area contributed by atoms with Gasteiger partial charge in [-0.3, -0.25) is 4.90 Å². The Morgan fingerprint density at radius 2 is 2.23 bits per heavy atom. The van der Waals surface area contributed by atoms with E-state index in [0.717, 1.165) is 12.5 Å². The van der Waals surface area contributed by atoms with Crippen molar-refractivity contribution < 1.29 is 0 Å². The summed E-state index contributed by atoms with van der Waals surface area (Å²) in [5.74, 6) is 0.740. The number of hydrogen-bond acceptors (Lipinski definition) is 3. The van der Waals surface area contributed by atoms with Crippen LogP contribution in [0, 0.1) is 17.2 Å². The molecule has 1 aliphatic rings. The Labute approximate surface area is 80.5 Å². The van der Waals surface area contributed by atoms with Crippen LogP contribution in [-0.4, -0.2) is 29.6 Å². The van der Waals surface area contributed by atoms with Gasteiger partial charge in [-0.25, -0.2) is 0 Å².